The number of rotatable bonds is 2. The average molecular weight is 225 g/mol. The molecule has 17 heavy (non-hydrogen) atoms. The summed E-state index contributed by atoms with van der Waals surface area (Å²) in [5.41, 5.74) is 1.52. The van der Waals surface area contributed by atoms with Crippen LogP contribution in [0.25, 0.3) is 15.6 Å². The van der Waals surface area contributed by atoms with Gasteiger partial charge in [0, 0.05) is 5.56 Å². The molecule has 0 aliphatic heterocycles. The number of benzene rings is 2. The molecule has 0 saturated carbocycles. The number of hydrogen-bond donors (Lipinski definition) is 0. The first-order valence-electron chi connectivity index (χ1n) is 5.19. The van der Waals surface area contributed by atoms with E-state index in [9.17, 15) is 4.79 Å². The van der Waals surface area contributed by atoms with Crippen LogP contribution in [0.1, 0.15) is 15.9 Å². The summed E-state index contributed by atoms with van der Waals surface area (Å²) in [4.78, 5) is 14.7. The van der Waals surface area contributed by atoms with Gasteiger partial charge in [-0.2, -0.15) is 0 Å². The fourth-order valence-electron chi connectivity index (χ4n) is 1.73. The van der Waals surface area contributed by atoms with Crippen LogP contribution in [0.3, 0.4) is 0 Å². The predicted molar refractivity (Wildman–Crippen MR) is 65.6 cm³/mol. The third-order valence-corrected chi connectivity index (χ3v) is 2.59. The Hall–Kier alpha value is -2.34. The van der Waals surface area contributed by atoms with Gasteiger partial charge >= 0.3 is 5.97 Å². The molecular weight excluding hydrogens is 214 g/mol. The quantitative estimate of drug-likeness (QED) is 0.581. The van der Waals surface area contributed by atoms with E-state index in [-0.39, 0.29) is 5.97 Å². The molecule has 0 radical (unpaired) electrons. The molecule has 0 spiro atoms. The van der Waals surface area contributed by atoms with Crippen LogP contribution in [0.15, 0.2) is 36.4 Å². The maximum Gasteiger partial charge on any atom is 0.337 e. The molecule has 0 aromatic heterocycles. The van der Waals surface area contributed by atoms with E-state index in [1.54, 1.807) is 12.1 Å². The van der Waals surface area contributed by atoms with Crippen LogP contribution in [0, 0.1) is 6.57 Å². The predicted octanol–water partition coefficient (Wildman–Crippen LogP) is 3.05. The summed E-state index contributed by atoms with van der Waals surface area (Å²) in [6, 6.07) is 11.2. The van der Waals surface area contributed by atoms with Gasteiger partial charge in [0.15, 0.2) is 0 Å². The Morgan fingerprint density at radius 2 is 1.94 bits per heavy atom. The maximum absolute atomic E-state index is 11.4. The Morgan fingerprint density at radius 1 is 1.24 bits per heavy atom. The fraction of sp³-hybridized carbons (Fsp3) is 0.143. The van der Waals surface area contributed by atoms with Crippen LogP contribution in [0.2, 0.25) is 0 Å². The maximum atomic E-state index is 11.4. The summed E-state index contributed by atoms with van der Waals surface area (Å²) in [6.45, 7) is 7.21. The molecule has 3 nitrogen and oxygen atoms in total. The molecule has 0 bridgehead atoms. The van der Waals surface area contributed by atoms with Crippen molar-refractivity contribution in [3.8, 4) is 0 Å². The number of carbonyl (C=O) groups excluding carboxylic acids is 1. The Labute approximate surface area is 99.5 Å². The summed E-state index contributed by atoms with van der Waals surface area (Å²) in [5.74, 6) is -0.336. The molecule has 0 saturated heterocycles. The molecule has 0 aliphatic carbocycles. The minimum Gasteiger partial charge on any atom is -0.465 e. The zero-order chi connectivity index (χ0) is 12.3. The van der Waals surface area contributed by atoms with E-state index in [4.69, 9.17) is 6.57 Å². The lowest BCUT2D eigenvalue weighted by molar-refractivity contribution is 0.0601. The molecule has 84 valence electrons. The largest absolute Gasteiger partial charge is 0.465 e. The monoisotopic (exact) mass is 225 g/mol. The standard InChI is InChI=1S/C14H11NO2/c1-15-9-10-3-4-12-8-13(14(16)17-2)6-5-11(12)7-10/h3-8H,9H2,2H3. The number of methoxy groups -OCH3 is 1. The Kier molecular flexibility index (Phi) is 3.06. The van der Waals surface area contributed by atoms with E-state index >= 15 is 0 Å². The first-order chi connectivity index (χ1) is 8.24. The topological polar surface area (TPSA) is 30.7 Å². The van der Waals surface area contributed by atoms with Gasteiger partial charge < -0.3 is 9.58 Å². The highest BCUT2D eigenvalue weighted by atomic mass is 16.5. The third kappa shape index (κ3) is 2.26. The number of fused-ring (bicyclic) bond motifs is 1. The molecule has 0 atom stereocenters. The lowest BCUT2D eigenvalue weighted by atomic mass is 10.0. The number of carbonyl (C=O) groups is 1. The van der Waals surface area contributed by atoms with Gasteiger partial charge in [0.05, 0.1) is 12.7 Å². The lowest BCUT2D eigenvalue weighted by Gasteiger charge is -2.02. The third-order valence-electron chi connectivity index (χ3n) is 2.59. The van der Waals surface area contributed by atoms with Crippen LogP contribution >= 0.6 is 0 Å². The van der Waals surface area contributed by atoms with Crippen molar-refractivity contribution >= 4 is 16.7 Å². The fourth-order valence-corrected chi connectivity index (χ4v) is 1.73. The van der Waals surface area contributed by atoms with Gasteiger partial charge in [0.25, 0.3) is 0 Å². The van der Waals surface area contributed by atoms with Crippen molar-refractivity contribution in [3.63, 3.8) is 0 Å². The Balaban J connectivity index is 2.47. The second-order valence-electron chi connectivity index (χ2n) is 3.70. The van der Waals surface area contributed by atoms with Crippen LogP contribution in [0.4, 0.5) is 0 Å². The number of hydrogen-bond acceptors (Lipinski definition) is 2. The summed E-state index contributed by atoms with van der Waals surface area (Å²) in [6.07, 6.45) is 0. The minimum absolute atomic E-state index is 0.336. The number of ether oxygens (including phenoxy) is 1. The van der Waals surface area contributed by atoms with Gasteiger partial charge in [-0.15, -0.1) is 0 Å². The average Bonchev–Trinajstić information content (AvgIpc) is 2.37. The summed E-state index contributed by atoms with van der Waals surface area (Å²) < 4.78 is 4.67. The van der Waals surface area contributed by atoms with Crippen LogP contribution in [-0.4, -0.2) is 13.1 Å². The van der Waals surface area contributed by atoms with Crippen molar-refractivity contribution in [2.75, 3.05) is 7.11 Å². The van der Waals surface area contributed by atoms with Crippen molar-refractivity contribution < 1.29 is 9.53 Å². The van der Waals surface area contributed by atoms with Gasteiger partial charge in [-0.05, 0) is 29.0 Å². The Morgan fingerprint density at radius 3 is 2.65 bits per heavy atom. The van der Waals surface area contributed by atoms with Crippen LogP contribution < -0.4 is 0 Å². The number of esters is 1. The molecular formula is C14H11NO2. The Bertz CT molecular complexity index is 611. The molecule has 0 amide bonds. The first-order valence-corrected chi connectivity index (χ1v) is 5.19. The molecule has 2 aromatic rings. The lowest BCUT2D eigenvalue weighted by Crippen LogP contribution is -2.00. The molecule has 0 fully saturated rings. The van der Waals surface area contributed by atoms with Gasteiger partial charge in [0.1, 0.15) is 0 Å². The molecule has 0 unspecified atom stereocenters. The highest BCUT2D eigenvalue weighted by Crippen LogP contribution is 2.19. The minimum atomic E-state index is -0.336. The molecule has 0 heterocycles. The number of nitrogens with zero attached hydrogens (tertiary/aromatic N) is 1. The first kappa shape index (κ1) is 11.2. The van der Waals surface area contributed by atoms with Crippen molar-refractivity contribution in [2.45, 2.75) is 6.54 Å². The van der Waals surface area contributed by atoms with Crippen LogP contribution in [0.5, 0.6) is 0 Å². The van der Waals surface area contributed by atoms with Crippen molar-refractivity contribution in [2.24, 2.45) is 0 Å². The molecule has 3 heteroatoms. The van der Waals surface area contributed by atoms with Crippen LogP contribution in [-0.2, 0) is 11.3 Å². The molecule has 0 N–H and O–H groups in total. The second-order valence-corrected chi connectivity index (χ2v) is 3.70. The van der Waals surface area contributed by atoms with E-state index in [1.807, 2.05) is 24.3 Å². The van der Waals surface area contributed by atoms with Crippen molar-refractivity contribution in [1.82, 2.24) is 0 Å². The summed E-state index contributed by atoms with van der Waals surface area (Å²) in [7, 11) is 1.37. The van der Waals surface area contributed by atoms with E-state index in [2.05, 4.69) is 9.58 Å². The molecule has 2 aromatic carbocycles. The van der Waals surface area contributed by atoms with Gasteiger partial charge in [-0.1, -0.05) is 18.2 Å². The SMILES string of the molecule is [C-]#[N+]Cc1ccc2cc(C(=O)OC)ccc2c1. The molecule has 2 rings (SSSR count). The summed E-state index contributed by atoms with van der Waals surface area (Å²) in [5, 5.41) is 2.00. The normalized spacial score (nSPS) is 9.88. The summed E-state index contributed by atoms with van der Waals surface area (Å²) >= 11 is 0. The van der Waals surface area contributed by atoms with E-state index < -0.39 is 0 Å². The highest BCUT2D eigenvalue weighted by molar-refractivity contribution is 5.95. The van der Waals surface area contributed by atoms with Gasteiger partial charge in [0.2, 0.25) is 6.54 Å². The van der Waals surface area contributed by atoms with Crippen molar-refractivity contribution in [1.29, 1.82) is 0 Å². The van der Waals surface area contributed by atoms with E-state index in [0.717, 1.165) is 16.3 Å². The van der Waals surface area contributed by atoms with E-state index in [0.29, 0.717) is 12.1 Å². The highest BCUT2D eigenvalue weighted by Gasteiger charge is 2.06. The molecule has 0 aliphatic rings. The van der Waals surface area contributed by atoms with Gasteiger partial charge in [-0.25, -0.2) is 11.4 Å². The smallest absolute Gasteiger partial charge is 0.337 e. The zero-order valence-electron chi connectivity index (χ0n) is 9.43. The van der Waals surface area contributed by atoms with Gasteiger partial charge in [-0.3, -0.25) is 0 Å². The van der Waals surface area contributed by atoms with E-state index in [1.165, 1.54) is 7.11 Å². The zero-order valence-corrected chi connectivity index (χ0v) is 9.43. The second kappa shape index (κ2) is 4.67. The van der Waals surface area contributed by atoms with Crippen molar-refractivity contribution in [3.05, 3.63) is 58.9 Å².